The molecule has 0 aromatic carbocycles. The fourth-order valence-corrected chi connectivity index (χ4v) is 2.38. The molecule has 2 amide bonds. The summed E-state index contributed by atoms with van der Waals surface area (Å²) >= 11 is 0. The highest BCUT2D eigenvalue weighted by molar-refractivity contribution is 6.08. The van der Waals surface area contributed by atoms with Gasteiger partial charge in [-0.15, -0.1) is 0 Å². The van der Waals surface area contributed by atoms with Gasteiger partial charge in [-0.1, -0.05) is 37.2 Å². The number of imide groups is 1. The number of carbonyl (C=O) groups excluding carboxylic acids is 2. The maximum absolute atomic E-state index is 12.8. The van der Waals surface area contributed by atoms with Crippen molar-refractivity contribution < 1.29 is 23.6 Å². The SMILES string of the molecule is CC1(C)C=CC=c2onc(N(C(=O)OC(C)(C)C)C(=O)OC(C)(C)C)c2=C1. The molecule has 2 rings (SSSR count). The minimum Gasteiger partial charge on any atom is -0.443 e. The topological polar surface area (TPSA) is 81.9 Å². The Kier molecular flexibility index (Phi) is 5.27. The summed E-state index contributed by atoms with van der Waals surface area (Å²) in [6, 6.07) is 0. The van der Waals surface area contributed by atoms with Gasteiger partial charge in [-0.3, -0.25) is 0 Å². The highest BCUT2D eigenvalue weighted by atomic mass is 16.6. The van der Waals surface area contributed by atoms with E-state index in [-0.39, 0.29) is 11.2 Å². The van der Waals surface area contributed by atoms with Gasteiger partial charge in [0.05, 0.1) is 5.22 Å². The molecule has 148 valence electrons. The maximum Gasteiger partial charge on any atom is 0.425 e. The zero-order valence-corrected chi connectivity index (χ0v) is 17.2. The molecular formula is C20H28N2O5. The number of hydrogen-bond donors (Lipinski definition) is 0. The Labute approximate surface area is 159 Å². The van der Waals surface area contributed by atoms with Crippen LogP contribution in [0, 0.1) is 5.41 Å². The molecule has 0 atom stereocenters. The molecule has 1 heterocycles. The molecule has 1 aromatic rings. The molecule has 27 heavy (non-hydrogen) atoms. The number of ether oxygens (including phenoxy) is 2. The van der Waals surface area contributed by atoms with E-state index in [0.29, 0.717) is 10.6 Å². The lowest BCUT2D eigenvalue weighted by atomic mass is 9.92. The lowest BCUT2D eigenvalue weighted by molar-refractivity contribution is 0.0427. The summed E-state index contributed by atoms with van der Waals surface area (Å²) in [6.07, 6.45) is 5.70. The van der Waals surface area contributed by atoms with Crippen molar-refractivity contribution in [1.29, 1.82) is 0 Å². The van der Waals surface area contributed by atoms with Crippen LogP contribution in [-0.2, 0) is 9.47 Å². The molecule has 0 radical (unpaired) electrons. The van der Waals surface area contributed by atoms with Crippen LogP contribution in [0.2, 0.25) is 0 Å². The monoisotopic (exact) mass is 376 g/mol. The third-order valence-electron chi connectivity index (χ3n) is 3.39. The van der Waals surface area contributed by atoms with Gasteiger partial charge < -0.3 is 14.0 Å². The van der Waals surface area contributed by atoms with Crippen LogP contribution in [-0.4, -0.2) is 28.5 Å². The molecular weight excluding hydrogens is 348 g/mol. The van der Waals surface area contributed by atoms with Crippen molar-refractivity contribution >= 4 is 30.2 Å². The van der Waals surface area contributed by atoms with Crippen LogP contribution in [0.5, 0.6) is 0 Å². The number of carbonyl (C=O) groups is 2. The van der Waals surface area contributed by atoms with Crippen LogP contribution >= 0.6 is 0 Å². The van der Waals surface area contributed by atoms with Crippen molar-refractivity contribution in [2.45, 2.75) is 66.6 Å². The van der Waals surface area contributed by atoms with Crippen molar-refractivity contribution in [2.24, 2.45) is 5.41 Å². The normalized spacial score (nSPS) is 15.7. The van der Waals surface area contributed by atoms with E-state index in [4.69, 9.17) is 14.0 Å². The number of anilines is 1. The minimum atomic E-state index is -0.878. The van der Waals surface area contributed by atoms with Gasteiger partial charge in [0.15, 0.2) is 11.2 Å². The Balaban J connectivity index is 2.60. The second kappa shape index (κ2) is 6.87. The molecule has 0 spiro atoms. The van der Waals surface area contributed by atoms with Crippen LogP contribution < -0.4 is 15.5 Å². The van der Waals surface area contributed by atoms with E-state index in [1.54, 1.807) is 47.6 Å². The van der Waals surface area contributed by atoms with Gasteiger partial charge in [0, 0.05) is 5.41 Å². The quantitative estimate of drug-likeness (QED) is 0.746. The summed E-state index contributed by atoms with van der Waals surface area (Å²) in [4.78, 5) is 26.4. The van der Waals surface area contributed by atoms with Crippen LogP contribution in [0.1, 0.15) is 55.4 Å². The van der Waals surface area contributed by atoms with Gasteiger partial charge in [0.25, 0.3) is 0 Å². The second-order valence-electron chi connectivity index (χ2n) is 9.07. The zero-order valence-electron chi connectivity index (χ0n) is 17.2. The summed E-state index contributed by atoms with van der Waals surface area (Å²) in [5.74, 6) is 0.0431. The smallest absolute Gasteiger partial charge is 0.425 e. The summed E-state index contributed by atoms with van der Waals surface area (Å²) in [7, 11) is 0. The lowest BCUT2D eigenvalue weighted by Gasteiger charge is -2.27. The van der Waals surface area contributed by atoms with Crippen LogP contribution in [0.25, 0.3) is 12.2 Å². The Hall–Kier alpha value is -2.57. The molecule has 0 unspecified atom stereocenters. The zero-order chi connectivity index (χ0) is 20.6. The van der Waals surface area contributed by atoms with E-state index in [2.05, 4.69) is 5.16 Å². The molecule has 1 aromatic heterocycles. The fraction of sp³-hybridized carbons (Fsp3) is 0.550. The predicted octanol–water partition coefficient (Wildman–Crippen LogP) is 3.51. The molecule has 0 N–H and O–H groups in total. The number of aromatic nitrogens is 1. The molecule has 0 aliphatic heterocycles. The molecule has 0 bridgehead atoms. The van der Waals surface area contributed by atoms with Crippen molar-refractivity contribution in [3.05, 3.63) is 22.8 Å². The third kappa shape index (κ3) is 5.45. The summed E-state index contributed by atoms with van der Waals surface area (Å²) in [5.41, 5.74) is -1.47. The molecule has 1 aliphatic carbocycles. The third-order valence-corrected chi connectivity index (χ3v) is 3.39. The van der Waals surface area contributed by atoms with E-state index in [9.17, 15) is 9.59 Å². The number of amides is 2. The van der Waals surface area contributed by atoms with Gasteiger partial charge in [-0.05, 0) is 47.6 Å². The van der Waals surface area contributed by atoms with E-state index >= 15 is 0 Å². The van der Waals surface area contributed by atoms with Crippen LogP contribution in [0.15, 0.2) is 16.7 Å². The Bertz CT molecular complexity index is 851. The van der Waals surface area contributed by atoms with Gasteiger partial charge in [-0.2, -0.15) is 4.90 Å². The first-order valence-electron chi connectivity index (χ1n) is 8.83. The van der Waals surface area contributed by atoms with E-state index in [0.717, 1.165) is 4.90 Å². The highest BCUT2D eigenvalue weighted by Gasteiger charge is 2.35. The first-order valence-corrected chi connectivity index (χ1v) is 8.83. The lowest BCUT2D eigenvalue weighted by Crippen LogP contribution is -2.46. The largest absolute Gasteiger partial charge is 0.443 e. The van der Waals surface area contributed by atoms with Crippen molar-refractivity contribution in [2.75, 3.05) is 4.90 Å². The van der Waals surface area contributed by atoms with Gasteiger partial charge in [-0.25, -0.2) is 9.59 Å². The number of fused-ring (bicyclic) bond motifs is 1. The summed E-state index contributed by atoms with van der Waals surface area (Å²) in [6.45, 7) is 14.3. The second-order valence-corrected chi connectivity index (χ2v) is 9.07. The first kappa shape index (κ1) is 20.7. The van der Waals surface area contributed by atoms with Crippen molar-refractivity contribution in [1.82, 2.24) is 5.16 Å². The molecule has 7 nitrogen and oxygen atoms in total. The van der Waals surface area contributed by atoms with Crippen molar-refractivity contribution in [3.8, 4) is 0 Å². The predicted molar refractivity (Wildman–Crippen MR) is 103 cm³/mol. The van der Waals surface area contributed by atoms with E-state index in [1.807, 2.05) is 32.1 Å². The molecule has 1 aliphatic rings. The van der Waals surface area contributed by atoms with Gasteiger partial charge >= 0.3 is 12.2 Å². The molecule has 0 saturated carbocycles. The number of nitrogens with zero attached hydrogens (tertiary/aromatic N) is 2. The number of allylic oxidation sites excluding steroid dienone is 2. The minimum absolute atomic E-state index is 0.0431. The Morgan fingerprint density at radius 3 is 2.04 bits per heavy atom. The molecule has 0 fully saturated rings. The number of rotatable bonds is 1. The van der Waals surface area contributed by atoms with E-state index < -0.39 is 23.4 Å². The van der Waals surface area contributed by atoms with Crippen LogP contribution in [0.4, 0.5) is 15.4 Å². The Morgan fingerprint density at radius 2 is 1.56 bits per heavy atom. The van der Waals surface area contributed by atoms with Gasteiger partial charge in [0.2, 0.25) is 0 Å². The first-order chi connectivity index (χ1) is 12.2. The molecule has 0 saturated heterocycles. The summed E-state index contributed by atoms with van der Waals surface area (Å²) in [5, 5.41) is 4.49. The maximum atomic E-state index is 12.8. The summed E-state index contributed by atoms with van der Waals surface area (Å²) < 4.78 is 16.2. The number of hydrogen-bond acceptors (Lipinski definition) is 6. The van der Waals surface area contributed by atoms with Crippen LogP contribution in [0.3, 0.4) is 0 Å². The average Bonchev–Trinajstić information content (AvgIpc) is 2.70. The average molecular weight is 376 g/mol. The fourth-order valence-electron chi connectivity index (χ4n) is 2.38. The molecule has 7 heteroatoms. The van der Waals surface area contributed by atoms with Gasteiger partial charge in [0.1, 0.15) is 11.2 Å². The highest BCUT2D eigenvalue weighted by Crippen LogP contribution is 2.22. The van der Waals surface area contributed by atoms with E-state index in [1.165, 1.54) is 0 Å². The Morgan fingerprint density at radius 1 is 1.04 bits per heavy atom. The standard InChI is InChI=1S/C20H28N2O5/c1-18(2,3)25-16(23)22(17(24)26-19(4,5)6)15-13-12-20(7,8)11-9-10-14(13)27-21-15/h9-12H,1-8H3. The van der Waals surface area contributed by atoms with Crippen molar-refractivity contribution in [3.63, 3.8) is 0 Å².